The number of benzene rings is 2. The molecule has 0 bridgehead atoms. The molecule has 3 aromatic rings. The summed E-state index contributed by atoms with van der Waals surface area (Å²) < 4.78 is 27.3. The molecule has 0 saturated carbocycles. The van der Waals surface area contributed by atoms with Gasteiger partial charge >= 0.3 is 0 Å². The van der Waals surface area contributed by atoms with E-state index >= 15 is 0 Å². The van der Waals surface area contributed by atoms with Crippen LogP contribution in [0, 0.1) is 13.8 Å². The predicted octanol–water partition coefficient (Wildman–Crippen LogP) is 3.92. The van der Waals surface area contributed by atoms with Crippen LogP contribution in [0.2, 0.25) is 0 Å². The van der Waals surface area contributed by atoms with Crippen molar-refractivity contribution in [2.45, 2.75) is 44.4 Å². The molecule has 0 spiro atoms. The highest BCUT2D eigenvalue weighted by Crippen LogP contribution is 2.31. The number of H-pyrrole nitrogens is 1. The van der Waals surface area contributed by atoms with E-state index in [1.165, 1.54) is 18.3 Å². The SMILES string of the molecule is Cc1cccc(NC(=O)CN(C)S(=O)(=O)c2ccc3[nH]c4c(c3c2)CCCC4)c1C. The van der Waals surface area contributed by atoms with Crippen LogP contribution in [0.1, 0.15) is 35.2 Å². The number of sulfonamides is 1. The summed E-state index contributed by atoms with van der Waals surface area (Å²) in [5, 5.41) is 3.79. The summed E-state index contributed by atoms with van der Waals surface area (Å²) in [5.74, 6) is -0.366. The van der Waals surface area contributed by atoms with Crippen LogP contribution in [0.4, 0.5) is 5.69 Å². The lowest BCUT2D eigenvalue weighted by molar-refractivity contribution is -0.116. The minimum Gasteiger partial charge on any atom is -0.358 e. The number of rotatable bonds is 5. The van der Waals surface area contributed by atoms with Gasteiger partial charge in [-0.3, -0.25) is 4.79 Å². The molecule has 1 heterocycles. The largest absolute Gasteiger partial charge is 0.358 e. The Morgan fingerprint density at radius 2 is 1.90 bits per heavy atom. The van der Waals surface area contributed by atoms with Crippen LogP contribution in [-0.4, -0.2) is 37.2 Å². The number of likely N-dealkylation sites (N-methyl/N-ethyl adjacent to an activating group) is 1. The van der Waals surface area contributed by atoms with Gasteiger partial charge in [0.25, 0.3) is 0 Å². The van der Waals surface area contributed by atoms with Crippen molar-refractivity contribution >= 4 is 32.5 Å². The topological polar surface area (TPSA) is 82.3 Å². The zero-order valence-electron chi connectivity index (χ0n) is 17.6. The Morgan fingerprint density at radius 3 is 2.70 bits per heavy atom. The Bertz CT molecular complexity index is 1230. The quantitative estimate of drug-likeness (QED) is 0.650. The number of hydrogen-bond donors (Lipinski definition) is 2. The summed E-state index contributed by atoms with van der Waals surface area (Å²) in [6.45, 7) is 3.65. The van der Waals surface area contributed by atoms with E-state index in [1.807, 2.05) is 38.1 Å². The van der Waals surface area contributed by atoms with Crippen LogP contribution in [-0.2, 0) is 27.7 Å². The third-order valence-corrected chi connectivity index (χ3v) is 7.82. The van der Waals surface area contributed by atoms with E-state index in [-0.39, 0.29) is 17.3 Å². The van der Waals surface area contributed by atoms with Crippen LogP contribution < -0.4 is 5.32 Å². The third kappa shape index (κ3) is 3.75. The maximum atomic E-state index is 13.1. The van der Waals surface area contributed by atoms with E-state index < -0.39 is 10.0 Å². The van der Waals surface area contributed by atoms with Crippen molar-refractivity contribution in [3.8, 4) is 0 Å². The van der Waals surface area contributed by atoms with Gasteiger partial charge in [-0.25, -0.2) is 8.42 Å². The number of hydrogen-bond acceptors (Lipinski definition) is 3. The average molecular weight is 426 g/mol. The molecule has 4 rings (SSSR count). The summed E-state index contributed by atoms with van der Waals surface area (Å²) in [7, 11) is -2.34. The van der Waals surface area contributed by atoms with Crippen molar-refractivity contribution in [2.75, 3.05) is 18.9 Å². The highest BCUT2D eigenvalue weighted by atomic mass is 32.2. The van der Waals surface area contributed by atoms with Crippen molar-refractivity contribution in [1.29, 1.82) is 0 Å². The van der Waals surface area contributed by atoms with E-state index in [4.69, 9.17) is 0 Å². The Labute approximate surface area is 177 Å². The van der Waals surface area contributed by atoms with Gasteiger partial charge in [0.1, 0.15) is 0 Å². The maximum absolute atomic E-state index is 13.1. The van der Waals surface area contributed by atoms with Crippen LogP contribution in [0.3, 0.4) is 0 Å². The summed E-state index contributed by atoms with van der Waals surface area (Å²) in [6, 6.07) is 10.8. The van der Waals surface area contributed by atoms with Crippen LogP contribution in [0.25, 0.3) is 10.9 Å². The highest BCUT2D eigenvalue weighted by molar-refractivity contribution is 7.89. The summed E-state index contributed by atoms with van der Waals surface area (Å²) in [4.78, 5) is 16.1. The van der Waals surface area contributed by atoms with Gasteiger partial charge in [-0.2, -0.15) is 4.31 Å². The molecule has 0 atom stereocenters. The molecular weight excluding hydrogens is 398 g/mol. The van der Waals surface area contributed by atoms with E-state index in [0.29, 0.717) is 5.69 Å². The Morgan fingerprint density at radius 1 is 1.13 bits per heavy atom. The van der Waals surface area contributed by atoms with Crippen LogP contribution in [0.15, 0.2) is 41.3 Å². The molecule has 1 aromatic heterocycles. The van der Waals surface area contributed by atoms with Crippen molar-refractivity contribution in [3.63, 3.8) is 0 Å². The van der Waals surface area contributed by atoms with Crippen molar-refractivity contribution < 1.29 is 13.2 Å². The van der Waals surface area contributed by atoms with E-state index in [1.54, 1.807) is 12.1 Å². The molecule has 158 valence electrons. The number of aromatic nitrogens is 1. The Balaban J connectivity index is 1.55. The molecule has 6 nitrogen and oxygen atoms in total. The number of nitrogens with zero attached hydrogens (tertiary/aromatic N) is 1. The first-order valence-corrected chi connectivity index (χ1v) is 11.7. The van der Waals surface area contributed by atoms with Crippen molar-refractivity contribution in [2.24, 2.45) is 0 Å². The number of nitrogens with one attached hydrogen (secondary N) is 2. The van der Waals surface area contributed by atoms with Gasteiger partial charge < -0.3 is 10.3 Å². The molecule has 0 aliphatic heterocycles. The fourth-order valence-electron chi connectivity index (χ4n) is 4.09. The molecule has 0 radical (unpaired) electrons. The standard InChI is InChI=1S/C23H27N3O3S/c1-15-7-6-10-20(16(15)2)25-23(27)14-26(3)30(28,29)17-11-12-22-19(13-17)18-8-4-5-9-21(18)24-22/h6-7,10-13,24H,4-5,8-9,14H2,1-3H3,(H,25,27). The van der Waals surface area contributed by atoms with E-state index in [2.05, 4.69) is 10.3 Å². The normalized spacial score (nSPS) is 14.1. The van der Waals surface area contributed by atoms with Crippen LogP contribution >= 0.6 is 0 Å². The Hall–Kier alpha value is -2.64. The second kappa shape index (κ2) is 7.89. The molecule has 1 amide bonds. The van der Waals surface area contributed by atoms with Gasteiger partial charge in [0.05, 0.1) is 11.4 Å². The van der Waals surface area contributed by atoms with E-state index in [9.17, 15) is 13.2 Å². The number of aromatic amines is 1. The lowest BCUT2D eigenvalue weighted by Gasteiger charge is -2.18. The molecule has 0 saturated heterocycles. The smallest absolute Gasteiger partial charge is 0.243 e. The van der Waals surface area contributed by atoms with Crippen LogP contribution in [0.5, 0.6) is 0 Å². The van der Waals surface area contributed by atoms with Gasteiger partial charge in [0.15, 0.2) is 0 Å². The highest BCUT2D eigenvalue weighted by Gasteiger charge is 2.25. The third-order valence-electron chi connectivity index (χ3n) is 6.02. The summed E-state index contributed by atoms with van der Waals surface area (Å²) >= 11 is 0. The Kier molecular flexibility index (Phi) is 5.42. The van der Waals surface area contributed by atoms with E-state index in [0.717, 1.165) is 52.0 Å². The lowest BCUT2D eigenvalue weighted by atomic mass is 9.96. The minimum atomic E-state index is -3.78. The number of anilines is 1. The van der Waals surface area contributed by atoms with Gasteiger partial charge in [0, 0.05) is 29.3 Å². The predicted molar refractivity (Wildman–Crippen MR) is 119 cm³/mol. The number of carbonyl (C=O) groups excluding carboxylic acids is 1. The zero-order valence-corrected chi connectivity index (χ0v) is 18.4. The fraction of sp³-hybridized carbons (Fsp3) is 0.348. The molecule has 1 aliphatic carbocycles. The number of fused-ring (bicyclic) bond motifs is 3. The lowest BCUT2D eigenvalue weighted by Crippen LogP contribution is -2.35. The number of amides is 1. The van der Waals surface area contributed by atoms with Crippen molar-refractivity contribution in [3.05, 3.63) is 58.8 Å². The first kappa shape index (κ1) is 20.6. The number of carbonyl (C=O) groups is 1. The monoisotopic (exact) mass is 425 g/mol. The number of aryl methyl sites for hydroxylation is 3. The molecule has 2 aromatic carbocycles. The summed E-state index contributed by atoms with van der Waals surface area (Å²) in [6.07, 6.45) is 4.25. The molecular formula is C23H27N3O3S. The van der Waals surface area contributed by atoms with Crippen molar-refractivity contribution in [1.82, 2.24) is 9.29 Å². The fourth-order valence-corrected chi connectivity index (χ4v) is 5.24. The first-order chi connectivity index (χ1) is 14.3. The average Bonchev–Trinajstić information content (AvgIpc) is 3.09. The molecule has 1 aliphatic rings. The molecule has 0 fully saturated rings. The van der Waals surface area contributed by atoms with Gasteiger partial charge in [-0.05, 0) is 80.5 Å². The van der Waals surface area contributed by atoms with Gasteiger partial charge in [0.2, 0.25) is 15.9 Å². The summed E-state index contributed by atoms with van der Waals surface area (Å²) in [5.41, 5.74) is 6.15. The minimum absolute atomic E-state index is 0.212. The second-order valence-electron chi connectivity index (χ2n) is 8.05. The molecule has 2 N–H and O–H groups in total. The maximum Gasteiger partial charge on any atom is 0.243 e. The van der Waals surface area contributed by atoms with Gasteiger partial charge in [-0.15, -0.1) is 0 Å². The molecule has 0 unspecified atom stereocenters. The second-order valence-corrected chi connectivity index (χ2v) is 10.1. The molecule has 30 heavy (non-hydrogen) atoms. The zero-order chi connectivity index (χ0) is 21.5. The van der Waals surface area contributed by atoms with Gasteiger partial charge in [-0.1, -0.05) is 12.1 Å². The first-order valence-electron chi connectivity index (χ1n) is 10.2. The molecule has 7 heteroatoms.